The van der Waals surface area contributed by atoms with Crippen LogP contribution in [0, 0.1) is 0 Å². The van der Waals surface area contributed by atoms with Crippen LogP contribution in [-0.4, -0.2) is 30.6 Å². The number of ether oxygens (including phenoxy) is 3. The van der Waals surface area contributed by atoms with E-state index in [-0.39, 0.29) is 18.2 Å². The van der Waals surface area contributed by atoms with E-state index in [9.17, 15) is 4.79 Å². The van der Waals surface area contributed by atoms with Gasteiger partial charge in [0.15, 0.2) is 5.79 Å². The van der Waals surface area contributed by atoms with Crippen LogP contribution in [0.5, 0.6) is 0 Å². The van der Waals surface area contributed by atoms with Crippen molar-refractivity contribution in [3.63, 3.8) is 0 Å². The molecule has 0 radical (unpaired) electrons. The second-order valence-electron chi connectivity index (χ2n) is 7.72. The lowest BCUT2D eigenvalue weighted by atomic mass is 10.0. The van der Waals surface area contributed by atoms with E-state index in [1.165, 1.54) is 63.9 Å². The Bertz CT molecular complexity index is 403. The molecule has 2 atom stereocenters. The van der Waals surface area contributed by atoms with Crippen molar-refractivity contribution < 1.29 is 19.0 Å². The van der Waals surface area contributed by atoms with Gasteiger partial charge in [0.05, 0.1) is 12.7 Å². The highest BCUT2D eigenvalue weighted by Gasteiger charge is 2.39. The number of rotatable bonds is 14. The second kappa shape index (κ2) is 13.3. The highest BCUT2D eigenvalue weighted by molar-refractivity contribution is 5.81. The van der Waals surface area contributed by atoms with Crippen LogP contribution in [0.4, 0.5) is 0 Å². The average Bonchev–Trinajstić information content (AvgIpc) is 2.89. The predicted molar refractivity (Wildman–Crippen MR) is 106 cm³/mol. The Morgan fingerprint density at radius 3 is 2.08 bits per heavy atom. The first-order chi connectivity index (χ1) is 12.5. The maximum absolute atomic E-state index is 11.5. The lowest BCUT2D eigenvalue weighted by Crippen LogP contribution is -2.21. The first kappa shape index (κ1) is 23.2. The van der Waals surface area contributed by atoms with Gasteiger partial charge in [0.2, 0.25) is 0 Å². The van der Waals surface area contributed by atoms with E-state index in [0.717, 1.165) is 12.8 Å². The maximum atomic E-state index is 11.5. The molecule has 26 heavy (non-hydrogen) atoms. The molecule has 0 aromatic carbocycles. The minimum atomic E-state index is -0.590. The van der Waals surface area contributed by atoms with Crippen molar-refractivity contribution in [2.24, 2.45) is 0 Å². The van der Waals surface area contributed by atoms with Gasteiger partial charge in [0, 0.05) is 6.08 Å². The fourth-order valence-electron chi connectivity index (χ4n) is 3.45. The van der Waals surface area contributed by atoms with Crippen molar-refractivity contribution in [2.45, 2.75) is 116 Å². The van der Waals surface area contributed by atoms with Crippen LogP contribution in [0.2, 0.25) is 0 Å². The Kier molecular flexibility index (Phi) is 11.9. The van der Waals surface area contributed by atoms with Gasteiger partial charge >= 0.3 is 5.97 Å². The molecule has 0 unspecified atom stereocenters. The molecule has 4 heteroatoms. The van der Waals surface area contributed by atoms with Gasteiger partial charge in [-0.3, -0.25) is 0 Å². The SMILES string of the molecule is CCCCCCCCCCCC[C@H]1OC(C)(C)O[C@@H]1/C=C/C(=O)OCC. The van der Waals surface area contributed by atoms with E-state index >= 15 is 0 Å². The molecule has 0 amide bonds. The number of hydrogen-bond donors (Lipinski definition) is 0. The number of unbranched alkanes of at least 4 members (excludes halogenated alkanes) is 9. The van der Waals surface area contributed by atoms with Crippen molar-refractivity contribution >= 4 is 5.97 Å². The molecule has 1 aliphatic rings. The van der Waals surface area contributed by atoms with Crippen LogP contribution in [0.25, 0.3) is 0 Å². The van der Waals surface area contributed by atoms with Crippen LogP contribution in [-0.2, 0) is 19.0 Å². The highest BCUT2D eigenvalue weighted by atomic mass is 16.7. The normalized spacial score (nSPS) is 22.2. The summed E-state index contributed by atoms with van der Waals surface area (Å²) in [6.07, 6.45) is 17.3. The minimum Gasteiger partial charge on any atom is -0.463 e. The van der Waals surface area contributed by atoms with Gasteiger partial charge in [-0.1, -0.05) is 71.1 Å². The summed E-state index contributed by atoms with van der Waals surface area (Å²) in [6, 6.07) is 0. The summed E-state index contributed by atoms with van der Waals surface area (Å²) in [7, 11) is 0. The molecule has 1 aliphatic heterocycles. The van der Waals surface area contributed by atoms with Gasteiger partial charge in [-0.25, -0.2) is 4.79 Å². The second-order valence-corrected chi connectivity index (χ2v) is 7.72. The molecule has 1 saturated heterocycles. The van der Waals surface area contributed by atoms with E-state index in [1.807, 2.05) is 13.8 Å². The first-order valence-electron chi connectivity index (χ1n) is 10.7. The molecule has 152 valence electrons. The Labute approximate surface area is 160 Å². The van der Waals surface area contributed by atoms with E-state index in [4.69, 9.17) is 14.2 Å². The maximum Gasteiger partial charge on any atom is 0.330 e. The lowest BCUT2D eigenvalue weighted by molar-refractivity contribution is -0.144. The van der Waals surface area contributed by atoms with Crippen LogP contribution in [0.15, 0.2) is 12.2 Å². The van der Waals surface area contributed by atoms with Crippen LogP contribution >= 0.6 is 0 Å². The molecule has 0 N–H and O–H groups in total. The summed E-state index contributed by atoms with van der Waals surface area (Å²) in [4.78, 5) is 11.5. The van der Waals surface area contributed by atoms with E-state index in [1.54, 1.807) is 13.0 Å². The largest absolute Gasteiger partial charge is 0.463 e. The molecule has 0 aromatic heterocycles. The van der Waals surface area contributed by atoms with Crippen molar-refractivity contribution in [1.29, 1.82) is 0 Å². The van der Waals surface area contributed by atoms with Crippen LogP contribution in [0.3, 0.4) is 0 Å². The summed E-state index contributed by atoms with van der Waals surface area (Å²) >= 11 is 0. The minimum absolute atomic E-state index is 0.0183. The third-order valence-electron chi connectivity index (χ3n) is 4.77. The zero-order valence-electron chi connectivity index (χ0n) is 17.4. The molecule has 1 rings (SSSR count). The zero-order valence-corrected chi connectivity index (χ0v) is 17.4. The summed E-state index contributed by atoms with van der Waals surface area (Å²) in [6.45, 7) is 8.31. The molecule has 4 nitrogen and oxygen atoms in total. The van der Waals surface area contributed by atoms with Gasteiger partial charge in [0.25, 0.3) is 0 Å². The van der Waals surface area contributed by atoms with Gasteiger partial charge < -0.3 is 14.2 Å². The summed E-state index contributed by atoms with van der Waals surface area (Å²) in [5.41, 5.74) is 0. The number of hydrogen-bond acceptors (Lipinski definition) is 4. The molecular formula is C22H40O4. The monoisotopic (exact) mass is 368 g/mol. The number of carbonyl (C=O) groups excluding carboxylic acids is 1. The first-order valence-corrected chi connectivity index (χ1v) is 10.7. The van der Waals surface area contributed by atoms with Crippen molar-refractivity contribution in [2.75, 3.05) is 6.61 Å². The molecule has 0 saturated carbocycles. The fraction of sp³-hybridized carbons (Fsp3) is 0.864. The predicted octanol–water partition coefficient (Wildman–Crippen LogP) is 5.94. The molecular weight excluding hydrogens is 328 g/mol. The van der Waals surface area contributed by atoms with Gasteiger partial charge in [0.1, 0.15) is 6.10 Å². The summed E-state index contributed by atoms with van der Waals surface area (Å²) in [5, 5.41) is 0. The van der Waals surface area contributed by atoms with E-state index < -0.39 is 5.79 Å². The van der Waals surface area contributed by atoms with E-state index in [0.29, 0.717) is 6.61 Å². The van der Waals surface area contributed by atoms with Crippen LogP contribution < -0.4 is 0 Å². The quantitative estimate of drug-likeness (QED) is 0.216. The van der Waals surface area contributed by atoms with Crippen molar-refractivity contribution in [3.05, 3.63) is 12.2 Å². The lowest BCUT2D eigenvalue weighted by Gasteiger charge is -2.16. The van der Waals surface area contributed by atoms with E-state index in [2.05, 4.69) is 6.92 Å². The van der Waals surface area contributed by atoms with Crippen molar-refractivity contribution in [1.82, 2.24) is 0 Å². The van der Waals surface area contributed by atoms with Crippen LogP contribution in [0.1, 0.15) is 98.3 Å². The molecule has 1 fully saturated rings. The Morgan fingerprint density at radius 1 is 0.923 bits per heavy atom. The topological polar surface area (TPSA) is 44.8 Å². The Hall–Kier alpha value is -0.870. The average molecular weight is 369 g/mol. The zero-order chi connectivity index (χ0) is 19.3. The smallest absolute Gasteiger partial charge is 0.330 e. The molecule has 0 aromatic rings. The van der Waals surface area contributed by atoms with Gasteiger partial charge in [-0.15, -0.1) is 0 Å². The molecule has 0 aliphatic carbocycles. The van der Waals surface area contributed by atoms with Crippen molar-refractivity contribution in [3.8, 4) is 0 Å². The highest BCUT2D eigenvalue weighted by Crippen LogP contribution is 2.31. The summed E-state index contributed by atoms with van der Waals surface area (Å²) in [5.74, 6) is -0.911. The molecule has 0 spiro atoms. The summed E-state index contributed by atoms with van der Waals surface area (Å²) < 4.78 is 16.9. The molecule has 1 heterocycles. The van der Waals surface area contributed by atoms with Gasteiger partial charge in [-0.2, -0.15) is 0 Å². The van der Waals surface area contributed by atoms with Gasteiger partial charge in [-0.05, 0) is 33.3 Å². The third-order valence-corrected chi connectivity index (χ3v) is 4.77. The standard InChI is InChI=1S/C22H40O4/c1-5-7-8-9-10-11-12-13-14-15-16-19-20(26-22(3,4)25-19)17-18-21(23)24-6-2/h17-20H,5-16H2,1-4H3/b18-17+/t19-,20-/m1/s1. The Balaban J connectivity index is 2.19. The third kappa shape index (κ3) is 10.3. The number of carbonyl (C=O) groups is 1. The Morgan fingerprint density at radius 2 is 1.50 bits per heavy atom. The molecule has 0 bridgehead atoms. The fourth-order valence-corrected chi connectivity index (χ4v) is 3.45. The number of esters is 1.